The number of aryl methyl sites for hydroxylation is 2. The van der Waals surface area contributed by atoms with E-state index in [0.29, 0.717) is 7.25 Å². The van der Waals surface area contributed by atoms with Gasteiger partial charge in [0.25, 0.3) is 0 Å². The summed E-state index contributed by atoms with van der Waals surface area (Å²) in [5, 5.41) is 0. The van der Waals surface area contributed by atoms with Crippen LogP contribution in [0.4, 0.5) is 0 Å². The molecule has 0 radical (unpaired) electrons. The minimum absolute atomic E-state index is 0.138. The van der Waals surface area contributed by atoms with Gasteiger partial charge in [-0.1, -0.05) is 0 Å². The Hall–Kier alpha value is -1.33. The monoisotopic (exact) mass is 531 g/mol. The van der Waals surface area contributed by atoms with Crippen LogP contribution in [0.5, 0.6) is 0 Å². The van der Waals surface area contributed by atoms with Crippen molar-refractivity contribution < 1.29 is 19.8 Å². The Morgan fingerprint density at radius 1 is 0.765 bits per heavy atom. The summed E-state index contributed by atoms with van der Waals surface area (Å²) in [5.74, 6) is 0. The molecule has 0 saturated heterocycles. The van der Waals surface area contributed by atoms with E-state index in [4.69, 9.17) is 4.21 Å². The number of unbranched alkanes of at least 4 members (excludes halogenated alkanes) is 1. The first kappa shape index (κ1) is 25.8. The average molecular weight is 533 g/mol. The van der Waals surface area contributed by atoms with Gasteiger partial charge in [-0.2, -0.15) is 0 Å². The van der Waals surface area contributed by atoms with E-state index >= 15 is 0 Å². The number of hydrogen-bond acceptors (Lipinski definition) is 0. The third kappa shape index (κ3) is 4.36. The fourth-order valence-electron chi connectivity index (χ4n) is 6.63. The van der Waals surface area contributed by atoms with Crippen LogP contribution in [0, 0.1) is 13.8 Å². The van der Waals surface area contributed by atoms with Gasteiger partial charge in [0.15, 0.2) is 0 Å². The summed E-state index contributed by atoms with van der Waals surface area (Å²) >= 11 is -2.98. The summed E-state index contributed by atoms with van der Waals surface area (Å²) < 4.78 is 7.72. The van der Waals surface area contributed by atoms with Crippen molar-refractivity contribution in [2.75, 3.05) is 0 Å². The van der Waals surface area contributed by atoms with Gasteiger partial charge in [-0.05, 0) is 0 Å². The van der Waals surface area contributed by atoms with Gasteiger partial charge >= 0.3 is 214 Å². The van der Waals surface area contributed by atoms with E-state index < -0.39 is 19.8 Å². The van der Waals surface area contributed by atoms with Crippen molar-refractivity contribution in [3.8, 4) is 11.1 Å². The number of rotatable bonds is 5. The Balaban J connectivity index is 2.05. The molecule has 181 valence electrons. The second-order valence-electron chi connectivity index (χ2n) is 13.1. The molecule has 2 aliphatic carbocycles. The van der Waals surface area contributed by atoms with E-state index in [1.807, 2.05) is 0 Å². The van der Waals surface area contributed by atoms with Crippen molar-refractivity contribution in [3.05, 3.63) is 82.0 Å². The second-order valence-corrected chi connectivity index (χ2v) is 23.4. The summed E-state index contributed by atoms with van der Waals surface area (Å²) in [5.41, 5.74) is 12.3. The molecule has 0 saturated carbocycles. The molecule has 1 atom stereocenters. The van der Waals surface area contributed by atoms with Gasteiger partial charge in [0.2, 0.25) is 0 Å². The molecule has 0 spiro atoms. The molecular weight excluding hydrogens is 488 g/mol. The van der Waals surface area contributed by atoms with Gasteiger partial charge in [-0.25, -0.2) is 0 Å². The van der Waals surface area contributed by atoms with Gasteiger partial charge in [0, 0.05) is 0 Å². The molecule has 0 N–H and O–H groups in total. The van der Waals surface area contributed by atoms with Crippen molar-refractivity contribution in [1.82, 2.24) is 0 Å². The van der Waals surface area contributed by atoms with Gasteiger partial charge in [-0.15, -0.1) is 0 Å². The number of allylic oxidation sites excluding steroid dienone is 4. The average Bonchev–Trinajstić information content (AvgIpc) is 3.36. The van der Waals surface area contributed by atoms with E-state index in [1.54, 1.807) is 11.1 Å². The first-order valence-corrected chi connectivity index (χ1v) is 19.6. The Kier molecular flexibility index (Phi) is 6.79. The van der Waals surface area contributed by atoms with Gasteiger partial charge in [0.05, 0.1) is 0 Å². The van der Waals surface area contributed by atoms with E-state index in [9.17, 15) is 0 Å². The first-order chi connectivity index (χ1) is 15.8. The van der Waals surface area contributed by atoms with Crippen LogP contribution in [0.25, 0.3) is 11.1 Å². The SMILES string of the molecule is [CH2]=[Zr]([CH2]CCC)([CH]1C=CC=C1)[CH]1c2cc(C)c(C(C)(C)C)cc2-c2cc(C(C)(C)C)c(C)cc21. The Morgan fingerprint density at radius 3 is 1.59 bits per heavy atom. The van der Waals surface area contributed by atoms with Crippen molar-refractivity contribution in [1.29, 1.82) is 0 Å². The van der Waals surface area contributed by atoms with Crippen LogP contribution in [0.1, 0.15) is 98.3 Å². The molecule has 4 rings (SSSR count). The number of benzene rings is 2. The fourth-order valence-corrected chi connectivity index (χ4v) is 18.2. The standard InChI is InChI=1S/C23H29.C5H5.C4H9.CH2.Zr/c1-14-9-16-11-17-10-15(2)21(23(6,7)8)13-19(17)18(16)12-20(14)22(3,4)5;1-2-4-5-3-1;1-3-4-2;;/h9-13H,1-8H3;1-5H;1,3-4H2,2H3;1H2;. The molecule has 2 aromatic rings. The van der Waals surface area contributed by atoms with Crippen LogP contribution in [0.2, 0.25) is 7.75 Å². The van der Waals surface area contributed by atoms with Gasteiger partial charge < -0.3 is 0 Å². The molecule has 0 aromatic heterocycles. The topological polar surface area (TPSA) is 0 Å². The molecule has 0 fully saturated rings. The molecule has 0 bridgehead atoms. The van der Waals surface area contributed by atoms with Crippen molar-refractivity contribution >= 4 is 4.21 Å². The quantitative estimate of drug-likeness (QED) is 0.359. The fraction of sp³-hybridized carbons (Fsp3) is 0.485. The third-order valence-corrected chi connectivity index (χ3v) is 20.0. The van der Waals surface area contributed by atoms with E-state index in [2.05, 4.69) is 111 Å². The summed E-state index contributed by atoms with van der Waals surface area (Å²) in [4.78, 5) is 0. The maximum absolute atomic E-state index is 5.28. The molecule has 2 aliphatic rings. The second kappa shape index (κ2) is 8.96. The van der Waals surface area contributed by atoms with Crippen molar-refractivity contribution in [2.24, 2.45) is 0 Å². The van der Waals surface area contributed by atoms with Crippen LogP contribution in [-0.2, 0) is 30.6 Å². The minimum atomic E-state index is -2.98. The Labute approximate surface area is 213 Å². The van der Waals surface area contributed by atoms with Crippen LogP contribution in [0.15, 0.2) is 48.6 Å². The zero-order valence-corrected chi connectivity index (χ0v) is 25.6. The molecule has 34 heavy (non-hydrogen) atoms. The van der Waals surface area contributed by atoms with Crippen molar-refractivity contribution in [3.63, 3.8) is 0 Å². The summed E-state index contributed by atoms with van der Waals surface area (Å²) in [7, 11) is 0. The number of fused-ring (bicyclic) bond motifs is 3. The molecule has 0 amide bonds. The molecule has 1 unspecified atom stereocenters. The predicted octanol–water partition coefficient (Wildman–Crippen LogP) is 9.69. The first-order valence-electron chi connectivity index (χ1n) is 13.3. The Bertz CT molecular complexity index is 1130. The zero-order valence-electron chi connectivity index (χ0n) is 23.1. The van der Waals surface area contributed by atoms with Crippen LogP contribution in [-0.4, -0.2) is 4.21 Å². The van der Waals surface area contributed by atoms with Crippen LogP contribution in [0.3, 0.4) is 0 Å². The predicted molar refractivity (Wildman–Crippen MR) is 149 cm³/mol. The van der Waals surface area contributed by atoms with Gasteiger partial charge in [0.1, 0.15) is 0 Å². The Morgan fingerprint density at radius 2 is 1.21 bits per heavy atom. The van der Waals surface area contributed by atoms with Gasteiger partial charge in [-0.3, -0.25) is 0 Å². The van der Waals surface area contributed by atoms with E-state index in [-0.39, 0.29) is 10.8 Å². The zero-order chi connectivity index (χ0) is 25.1. The van der Waals surface area contributed by atoms with E-state index in [0.717, 1.165) is 0 Å². The summed E-state index contributed by atoms with van der Waals surface area (Å²) in [6.45, 7) is 21.1. The van der Waals surface area contributed by atoms with Crippen molar-refractivity contribution in [2.45, 2.75) is 97.4 Å². The summed E-state index contributed by atoms with van der Waals surface area (Å²) in [6, 6.07) is 10.2. The summed E-state index contributed by atoms with van der Waals surface area (Å²) in [6.07, 6.45) is 12.0. The number of hydrogen-bond donors (Lipinski definition) is 0. The molecule has 0 heterocycles. The molecule has 1 heteroatoms. The maximum atomic E-state index is 5.28. The van der Waals surface area contributed by atoms with E-state index in [1.165, 1.54) is 50.4 Å². The van der Waals surface area contributed by atoms with Crippen LogP contribution >= 0.6 is 0 Å². The normalized spacial score (nSPS) is 17.8. The molecule has 0 aliphatic heterocycles. The third-order valence-electron chi connectivity index (χ3n) is 8.30. The van der Waals surface area contributed by atoms with Crippen LogP contribution < -0.4 is 0 Å². The molecule has 0 nitrogen and oxygen atoms in total. The molecule has 2 aromatic carbocycles. The molecular formula is C33H45Zr.